The fourth-order valence-corrected chi connectivity index (χ4v) is 18.0. The third kappa shape index (κ3) is 34.8. The van der Waals surface area contributed by atoms with Crippen molar-refractivity contribution in [1.82, 2.24) is 0 Å². The van der Waals surface area contributed by atoms with E-state index >= 15 is 0 Å². The number of fused-ring (bicyclic) bond motifs is 3. The first-order valence-corrected chi connectivity index (χ1v) is 45.9. The molecule has 0 aromatic heterocycles. The first kappa shape index (κ1) is 116. The second-order valence-electron chi connectivity index (χ2n) is 32.4. The second-order valence-corrected chi connectivity index (χ2v) is 34.0. The third-order valence-corrected chi connectivity index (χ3v) is 24.7. The van der Waals surface area contributed by atoms with Gasteiger partial charge in [-0.2, -0.15) is 0 Å². The molecule has 14 rings (SSSR count). The van der Waals surface area contributed by atoms with Gasteiger partial charge in [0, 0.05) is 147 Å². The highest BCUT2D eigenvalue weighted by atomic mass is 32.2. The fraction of sp³-hybridized carbons (Fsp3) is 0.582. The maximum atomic E-state index is 14.8. The van der Waals surface area contributed by atoms with Crippen molar-refractivity contribution in [3.63, 3.8) is 0 Å². The Balaban J connectivity index is 0.000000241. The number of thioether (sulfide) groups is 1. The minimum absolute atomic E-state index is 0.00268. The van der Waals surface area contributed by atoms with Crippen LogP contribution < -0.4 is 11.5 Å². The number of hydrogen-bond acceptors (Lipinski definition) is 33. The van der Waals surface area contributed by atoms with Crippen LogP contribution in [0.5, 0.6) is 0 Å². The zero-order chi connectivity index (χ0) is 98.6. The summed E-state index contributed by atoms with van der Waals surface area (Å²) in [6.45, 7) is 24.8. The van der Waals surface area contributed by atoms with Crippen LogP contribution in [0.15, 0.2) is 181 Å². The number of benzene rings is 5. The molecular weight excluding hydrogens is 1800 g/mol. The summed E-state index contributed by atoms with van der Waals surface area (Å²) in [6, 6.07) is 35.4. The van der Waals surface area contributed by atoms with E-state index in [0.29, 0.717) is 156 Å². The van der Waals surface area contributed by atoms with Crippen LogP contribution in [0.1, 0.15) is 59.3 Å². The number of nitrogens with two attached hydrogens (primary N) is 2. The van der Waals surface area contributed by atoms with Crippen LogP contribution in [-0.4, -0.2) is 338 Å². The van der Waals surface area contributed by atoms with Gasteiger partial charge in [0.05, 0.1) is 210 Å². The first-order valence-electron chi connectivity index (χ1n) is 44.5. The Morgan fingerprint density at radius 1 is 0.556 bits per heavy atom. The van der Waals surface area contributed by atoms with Crippen LogP contribution >= 0.6 is 24.0 Å². The number of methoxy groups -OCH3 is 9. The van der Waals surface area contributed by atoms with Gasteiger partial charge in [-0.1, -0.05) is 156 Å². The lowest BCUT2D eigenvalue weighted by atomic mass is 9.67. The Morgan fingerprint density at radius 2 is 1.05 bits per heavy atom. The van der Waals surface area contributed by atoms with Crippen molar-refractivity contribution in [1.29, 1.82) is 0 Å². The van der Waals surface area contributed by atoms with Gasteiger partial charge < -0.3 is 132 Å². The Bertz CT molecular complexity index is 4300. The molecule has 0 spiro atoms. The molecule has 135 heavy (non-hydrogen) atoms. The lowest BCUT2D eigenvalue weighted by Gasteiger charge is -2.35. The van der Waals surface area contributed by atoms with Crippen molar-refractivity contribution in [2.24, 2.45) is 56.4 Å². The molecule has 8 N–H and O–H groups in total. The minimum Gasteiger partial charge on any atom is -0.411 e. The molecule has 0 bridgehead atoms. The standard InChI is InChI=1S/C23H25FO4S.C14H17FN2O2S.C14H17FO3.C13H18FNO3.C11H22O4.C7H11NO3.C7H13NO3.C5H10O2.C4H8O2/c1-27-14-22-19(13-25)23(15-28-22,18-9-5-6-10-20(18)24)12-17(29)11-21(26)16-7-3-2-4-8-16;1-18-6-12-10-7-20-13(16)17-14(10,8-19-12)9-4-2-3-5-11(9)15;1-16-7-13-11-6-17-8-14(11,9-18-13)10-4-2-3-5-12(10)15;1-17-7-12-10(6-16)13(15,8-18-12)9-4-2-3-5-11(9)14;1-5-10(8-12-4)15-9-11(13-6-2)14-7-3;1-9-4-7-5-2-11-8-6(5)3-10-7;1-3-7(6-10-2)11-5-4-8-9;1-3-5(6)4-7-2;1-5-2-4-3-6-4/h2-10,19,22,25H,11-15H2,1H3;2-5,10,12H,6-8H2,1H3,(H2,16,17);2-5,11,13H,6-9H2,1H3;2-5,10,12,16H,6-8,15H2,1H3;5,10-11H,1,6-9H2,2-4H3;5,7H,2-4H2,1H3;3-4,7,9H,1,5-6H2,2H3;3,5-6H,1,4H2,2H3;4H,2-3H2,1H3/b;;;;;;8-4-;;/t19-,22-,23+;10-,12-,14-;11-,13-,14+;10-,12-,13-;;5-,7+;;;/m1111.0.../s1. The number of thiocarbonyl (C=S) groups is 1. The molecule has 0 aliphatic carbocycles. The fourth-order valence-electron chi connectivity index (χ4n) is 16.6. The van der Waals surface area contributed by atoms with Gasteiger partial charge in [-0.25, -0.2) is 22.6 Å². The monoisotopic (exact) mass is 1940 g/mol. The number of amidine groups is 1. The molecule has 31 nitrogen and oxygen atoms in total. The average molecular weight is 1950 g/mol. The molecular formula is C98H141F4N5O26S2. The molecule has 9 aliphatic rings. The van der Waals surface area contributed by atoms with E-state index in [9.17, 15) is 32.6 Å². The lowest BCUT2D eigenvalue weighted by Crippen LogP contribution is -2.48. The highest BCUT2D eigenvalue weighted by Gasteiger charge is 2.57. The molecule has 754 valence electrons. The van der Waals surface area contributed by atoms with Gasteiger partial charge in [-0.05, 0) is 55.7 Å². The van der Waals surface area contributed by atoms with Gasteiger partial charge in [-0.15, -0.1) is 19.7 Å². The predicted molar refractivity (Wildman–Crippen MR) is 508 cm³/mol. The van der Waals surface area contributed by atoms with E-state index in [1.807, 2.05) is 38.1 Å². The lowest BCUT2D eigenvalue weighted by molar-refractivity contribution is -0.175. The van der Waals surface area contributed by atoms with Crippen LogP contribution in [0.25, 0.3) is 0 Å². The predicted octanol–water partition coefficient (Wildman–Crippen LogP) is 10.4. The number of nitrogens with zero attached hydrogens (tertiary/aromatic N) is 3. The number of aliphatic imine (C=N–C) groups is 1. The number of ether oxygens (including phenoxy) is 20. The maximum absolute atomic E-state index is 14.8. The van der Waals surface area contributed by atoms with Crippen LogP contribution in [0.4, 0.5) is 17.6 Å². The Labute approximate surface area is 801 Å². The zero-order valence-corrected chi connectivity index (χ0v) is 81.0. The van der Waals surface area contributed by atoms with Crippen molar-refractivity contribution in [3.05, 3.63) is 216 Å². The number of aliphatic hydroxyl groups is 3. The minimum atomic E-state index is -1.01. The summed E-state index contributed by atoms with van der Waals surface area (Å²) in [4.78, 5) is 22.6. The summed E-state index contributed by atoms with van der Waals surface area (Å²) >= 11 is 7.07. The molecule has 7 saturated heterocycles. The number of halogens is 4. The molecule has 0 saturated carbocycles. The number of ketones is 1. The SMILES string of the molecule is C=CC(COC)OC/C=N\O.C=CC(COC)OCC(OCC)OCC.C=CC(O)COC.COCC1CO1.COC[C@H]1OCC2=NOC[C@@H]21.COC[C@H]1OC[C@@](CC(=S)CC(=O)c2ccccc2)(c2ccccc2F)[C@@H]1CO.COC[C@H]1OC[C@@](N)(c2ccccc2F)[C@@H]1CO.COC[C@H]1OC[C@]2(c3ccccc3F)COC[C@H]12.COC[C@H]1OC[C@]2(c3ccccc3F)N=C(N)SC[C@H]12. The third-order valence-electron chi connectivity index (χ3n) is 23.5. The van der Waals surface area contributed by atoms with Crippen molar-refractivity contribution in [2.45, 2.75) is 110 Å². The van der Waals surface area contributed by atoms with Gasteiger partial charge in [0.15, 0.2) is 17.2 Å². The van der Waals surface area contributed by atoms with Crippen LogP contribution in [0.2, 0.25) is 0 Å². The highest BCUT2D eigenvalue weighted by Crippen LogP contribution is 2.50. The van der Waals surface area contributed by atoms with Gasteiger partial charge >= 0.3 is 0 Å². The summed E-state index contributed by atoms with van der Waals surface area (Å²) in [5.41, 5.74) is 13.0. The van der Waals surface area contributed by atoms with Crippen molar-refractivity contribution in [2.75, 3.05) is 228 Å². The zero-order valence-electron chi connectivity index (χ0n) is 79.4. The number of oxime groups is 2. The summed E-state index contributed by atoms with van der Waals surface area (Å²) in [7, 11) is 14.5. The molecule has 0 amide bonds. The number of carbonyl (C=O) groups is 1. The number of epoxide rings is 1. The second kappa shape index (κ2) is 63.3. The Hall–Kier alpha value is -7.40. The van der Waals surface area contributed by atoms with E-state index in [0.717, 1.165) is 24.7 Å². The van der Waals surface area contributed by atoms with E-state index in [1.54, 1.807) is 148 Å². The van der Waals surface area contributed by atoms with Gasteiger partial charge in [0.2, 0.25) is 0 Å². The number of carbonyl (C=O) groups excluding carboxylic acids is 1. The van der Waals surface area contributed by atoms with E-state index in [1.165, 1.54) is 55.4 Å². The molecule has 4 unspecified atom stereocenters. The Morgan fingerprint density at radius 3 is 1.56 bits per heavy atom. The number of hydrogen-bond donors (Lipinski definition) is 6. The van der Waals surface area contributed by atoms with Gasteiger partial charge in [0.25, 0.3) is 0 Å². The topological polar surface area (TPSA) is 384 Å². The molecule has 0 radical (unpaired) electrons. The quantitative estimate of drug-likeness (QED) is 0.00243. The van der Waals surface area contributed by atoms with Crippen LogP contribution in [0.3, 0.4) is 0 Å². The molecule has 18 atom stereocenters. The maximum Gasteiger partial charge on any atom is 0.180 e. The summed E-state index contributed by atoms with van der Waals surface area (Å²) in [5, 5.41) is 43.4. The van der Waals surface area contributed by atoms with Gasteiger partial charge in [0.1, 0.15) is 41.5 Å². The summed E-state index contributed by atoms with van der Waals surface area (Å²) in [6.07, 6.45) is 5.12. The first-order chi connectivity index (χ1) is 65.4. The highest BCUT2D eigenvalue weighted by molar-refractivity contribution is 8.13. The molecule has 5 aromatic rings. The largest absolute Gasteiger partial charge is 0.411 e. The number of rotatable bonds is 42. The van der Waals surface area contributed by atoms with Gasteiger partial charge in [-0.3, -0.25) is 4.79 Å². The van der Waals surface area contributed by atoms with Crippen molar-refractivity contribution in [3.8, 4) is 0 Å². The average Bonchev–Trinajstić information content (AvgIpc) is 1.59. The van der Waals surface area contributed by atoms with E-state index in [2.05, 4.69) is 39.8 Å². The number of aliphatic hydroxyl groups excluding tert-OH is 3. The van der Waals surface area contributed by atoms with E-state index in [-0.39, 0.29) is 154 Å². The van der Waals surface area contributed by atoms with E-state index < -0.39 is 28.5 Å². The summed E-state index contributed by atoms with van der Waals surface area (Å²) in [5.74, 6) is -0.689. The molecule has 9 aliphatic heterocycles. The number of Topliss-reactive ketones (excluding diaryl/α,β-unsaturated/α-hetero) is 1. The summed E-state index contributed by atoms with van der Waals surface area (Å²) < 4.78 is 162. The Kier molecular flexibility index (Phi) is 54.6. The molecule has 37 heteroatoms. The van der Waals surface area contributed by atoms with Crippen LogP contribution in [0, 0.1) is 52.9 Å². The smallest absolute Gasteiger partial charge is 0.180 e. The van der Waals surface area contributed by atoms with Crippen molar-refractivity contribution < 1.29 is 142 Å². The molecule has 9 heterocycles. The normalized spacial score (nSPS) is 26.3. The molecule has 7 fully saturated rings. The van der Waals surface area contributed by atoms with Crippen molar-refractivity contribution >= 4 is 51.7 Å². The molecule has 5 aromatic carbocycles. The van der Waals surface area contributed by atoms with E-state index in [4.69, 9.17) is 129 Å². The van der Waals surface area contributed by atoms with Crippen LogP contribution in [-0.2, 0) is 121 Å².